The van der Waals surface area contributed by atoms with Crippen LogP contribution in [-0.2, 0) is 17.1 Å². The number of halogens is 3. The Hall–Kier alpha value is -1.23. The molecule has 0 amide bonds. The number of alkyl halides is 3. The van der Waals surface area contributed by atoms with E-state index in [-0.39, 0.29) is 12.3 Å². The van der Waals surface area contributed by atoms with Crippen LogP contribution in [0, 0.1) is 6.92 Å². The van der Waals surface area contributed by atoms with Gasteiger partial charge in [-0.05, 0) is 24.1 Å². The Balaban J connectivity index is 3.24. The smallest absolute Gasteiger partial charge is 0.307 e. The van der Waals surface area contributed by atoms with E-state index >= 15 is 0 Å². The number of nitrogens with zero attached hydrogens (tertiary/aromatic N) is 1. The minimum atomic E-state index is -2.73. The van der Waals surface area contributed by atoms with Gasteiger partial charge in [0.1, 0.15) is 5.69 Å². The third-order valence-corrected chi connectivity index (χ3v) is 2.45. The van der Waals surface area contributed by atoms with Crippen LogP contribution in [0.4, 0.5) is 8.78 Å². The number of carbonyl (C=O) groups is 1. The monoisotopic (exact) mass is 249 g/mol. The highest BCUT2D eigenvalue weighted by Crippen LogP contribution is 2.23. The summed E-state index contributed by atoms with van der Waals surface area (Å²) in [5.74, 6) is -1.09. The van der Waals surface area contributed by atoms with Crippen LogP contribution < -0.4 is 0 Å². The van der Waals surface area contributed by atoms with Crippen LogP contribution in [-0.4, -0.2) is 16.1 Å². The van der Waals surface area contributed by atoms with Gasteiger partial charge in [-0.3, -0.25) is 9.78 Å². The molecule has 1 aromatic rings. The maximum Gasteiger partial charge on any atom is 0.307 e. The van der Waals surface area contributed by atoms with E-state index < -0.39 is 18.1 Å². The molecule has 0 aliphatic carbocycles. The van der Waals surface area contributed by atoms with E-state index in [0.29, 0.717) is 16.8 Å². The lowest BCUT2D eigenvalue weighted by Gasteiger charge is -2.10. The number of carboxylic acid groups (broad SMARTS) is 1. The molecule has 3 nitrogen and oxygen atoms in total. The van der Waals surface area contributed by atoms with E-state index in [2.05, 4.69) is 4.98 Å². The number of aliphatic carboxylic acids is 1. The van der Waals surface area contributed by atoms with Gasteiger partial charge in [0, 0.05) is 0 Å². The van der Waals surface area contributed by atoms with E-state index in [1.54, 1.807) is 6.92 Å². The van der Waals surface area contributed by atoms with Crippen LogP contribution in [0.2, 0.25) is 0 Å². The minimum absolute atomic E-state index is 0.0149. The predicted molar refractivity (Wildman–Crippen MR) is 54.8 cm³/mol. The largest absolute Gasteiger partial charge is 0.481 e. The zero-order chi connectivity index (χ0) is 12.3. The van der Waals surface area contributed by atoms with Crippen LogP contribution in [0.3, 0.4) is 0 Å². The van der Waals surface area contributed by atoms with Gasteiger partial charge in [-0.15, -0.1) is 11.6 Å². The molecule has 0 fully saturated rings. The van der Waals surface area contributed by atoms with E-state index in [1.807, 2.05) is 0 Å². The van der Waals surface area contributed by atoms with Gasteiger partial charge in [0.15, 0.2) is 0 Å². The van der Waals surface area contributed by atoms with Crippen molar-refractivity contribution in [3.05, 3.63) is 28.6 Å². The summed E-state index contributed by atoms with van der Waals surface area (Å²) in [5.41, 5.74) is 0.753. The zero-order valence-corrected chi connectivity index (χ0v) is 9.26. The fourth-order valence-corrected chi connectivity index (χ4v) is 1.59. The number of hydrogen-bond acceptors (Lipinski definition) is 2. The van der Waals surface area contributed by atoms with Gasteiger partial charge in [-0.1, -0.05) is 0 Å². The molecule has 0 saturated carbocycles. The van der Waals surface area contributed by atoms with E-state index in [1.165, 1.54) is 0 Å². The van der Waals surface area contributed by atoms with Crippen molar-refractivity contribution in [2.24, 2.45) is 0 Å². The lowest BCUT2D eigenvalue weighted by atomic mass is 10.0. The predicted octanol–water partition coefficient (Wildman–Crippen LogP) is 2.69. The van der Waals surface area contributed by atoms with Crippen molar-refractivity contribution >= 4 is 17.6 Å². The molecule has 88 valence electrons. The maximum absolute atomic E-state index is 12.5. The number of hydrogen-bond donors (Lipinski definition) is 1. The molecule has 16 heavy (non-hydrogen) atoms. The van der Waals surface area contributed by atoms with Crippen LogP contribution in [0.15, 0.2) is 6.07 Å². The maximum atomic E-state index is 12.5. The van der Waals surface area contributed by atoms with Gasteiger partial charge in [0.25, 0.3) is 6.43 Å². The second-order valence-corrected chi connectivity index (χ2v) is 3.55. The van der Waals surface area contributed by atoms with Gasteiger partial charge in [0.2, 0.25) is 0 Å². The summed E-state index contributed by atoms with van der Waals surface area (Å²) in [6.45, 7) is 1.62. The molecule has 0 radical (unpaired) electrons. The summed E-state index contributed by atoms with van der Waals surface area (Å²) in [6.07, 6.45) is -3.03. The second kappa shape index (κ2) is 5.21. The zero-order valence-electron chi connectivity index (χ0n) is 8.51. The average Bonchev–Trinajstić information content (AvgIpc) is 2.20. The highest BCUT2D eigenvalue weighted by atomic mass is 35.5. The molecule has 0 saturated heterocycles. The summed E-state index contributed by atoms with van der Waals surface area (Å²) in [5, 5.41) is 8.64. The van der Waals surface area contributed by atoms with Crippen LogP contribution in [0.1, 0.15) is 28.9 Å². The van der Waals surface area contributed by atoms with Gasteiger partial charge >= 0.3 is 5.97 Å². The normalized spacial score (nSPS) is 10.8. The molecule has 0 spiro atoms. The number of aromatic nitrogens is 1. The average molecular weight is 250 g/mol. The summed E-state index contributed by atoms with van der Waals surface area (Å²) < 4.78 is 25.0. The topological polar surface area (TPSA) is 50.2 Å². The molecule has 1 aromatic heterocycles. The van der Waals surface area contributed by atoms with Crippen molar-refractivity contribution in [2.45, 2.75) is 25.7 Å². The van der Waals surface area contributed by atoms with Crippen molar-refractivity contribution < 1.29 is 18.7 Å². The highest BCUT2D eigenvalue weighted by Gasteiger charge is 2.16. The van der Waals surface area contributed by atoms with Crippen molar-refractivity contribution in [1.82, 2.24) is 4.98 Å². The Morgan fingerprint density at radius 2 is 2.25 bits per heavy atom. The summed E-state index contributed by atoms with van der Waals surface area (Å²) in [4.78, 5) is 14.2. The lowest BCUT2D eigenvalue weighted by molar-refractivity contribution is -0.136. The SMILES string of the molecule is Cc1c(CC(=O)O)cc(C(F)F)nc1CCl. The first kappa shape index (κ1) is 12.8. The first-order valence-corrected chi connectivity index (χ1v) is 5.04. The molecular formula is C10H10ClF2NO2. The molecule has 0 atom stereocenters. The van der Waals surface area contributed by atoms with Crippen molar-refractivity contribution in [3.63, 3.8) is 0 Å². The molecule has 1 rings (SSSR count). The Labute approximate surface area is 96.1 Å². The molecule has 0 aliphatic rings. The highest BCUT2D eigenvalue weighted by molar-refractivity contribution is 6.17. The van der Waals surface area contributed by atoms with Crippen molar-refractivity contribution in [3.8, 4) is 0 Å². The molecule has 1 N–H and O–H groups in total. The molecule has 0 aliphatic heterocycles. The quantitative estimate of drug-likeness (QED) is 0.835. The third kappa shape index (κ3) is 2.88. The summed E-state index contributed by atoms with van der Waals surface area (Å²) >= 11 is 5.56. The van der Waals surface area contributed by atoms with E-state index in [9.17, 15) is 13.6 Å². The second-order valence-electron chi connectivity index (χ2n) is 3.28. The Morgan fingerprint density at radius 3 is 2.69 bits per heavy atom. The first-order valence-electron chi connectivity index (χ1n) is 4.51. The van der Waals surface area contributed by atoms with Gasteiger partial charge in [-0.2, -0.15) is 0 Å². The molecular weight excluding hydrogens is 240 g/mol. The van der Waals surface area contributed by atoms with E-state index in [4.69, 9.17) is 16.7 Å². The lowest BCUT2D eigenvalue weighted by Crippen LogP contribution is -2.07. The van der Waals surface area contributed by atoms with Crippen LogP contribution >= 0.6 is 11.6 Å². The molecule has 0 aromatic carbocycles. The summed E-state index contributed by atoms with van der Waals surface area (Å²) in [7, 11) is 0. The van der Waals surface area contributed by atoms with Crippen molar-refractivity contribution in [1.29, 1.82) is 0 Å². The third-order valence-electron chi connectivity index (χ3n) is 2.19. The van der Waals surface area contributed by atoms with Gasteiger partial charge in [-0.25, -0.2) is 8.78 Å². The first-order chi connectivity index (χ1) is 7.45. The van der Waals surface area contributed by atoms with Crippen molar-refractivity contribution in [2.75, 3.05) is 0 Å². The minimum Gasteiger partial charge on any atom is -0.481 e. The Morgan fingerprint density at radius 1 is 1.62 bits per heavy atom. The Kier molecular flexibility index (Phi) is 4.18. The van der Waals surface area contributed by atoms with Gasteiger partial charge in [0.05, 0.1) is 18.0 Å². The number of carboxylic acids is 1. The van der Waals surface area contributed by atoms with Crippen LogP contribution in [0.25, 0.3) is 0 Å². The molecule has 0 bridgehead atoms. The molecule has 6 heteroatoms. The van der Waals surface area contributed by atoms with Gasteiger partial charge < -0.3 is 5.11 Å². The standard InChI is InChI=1S/C10H10ClF2NO2/c1-5-6(3-9(15)16)2-7(10(12)13)14-8(5)4-11/h2,10H,3-4H2,1H3,(H,15,16). The molecule has 0 unspecified atom stereocenters. The fourth-order valence-electron chi connectivity index (χ4n) is 1.33. The Bertz CT molecular complexity index is 410. The fraction of sp³-hybridized carbons (Fsp3) is 0.400. The van der Waals surface area contributed by atoms with E-state index in [0.717, 1.165) is 6.07 Å². The molecule has 1 heterocycles. The number of rotatable bonds is 4. The summed E-state index contributed by atoms with van der Waals surface area (Å²) in [6, 6.07) is 1.12. The van der Waals surface area contributed by atoms with Crippen LogP contribution in [0.5, 0.6) is 0 Å². The number of pyridine rings is 1.